The summed E-state index contributed by atoms with van der Waals surface area (Å²) >= 11 is 0. The molecule has 0 N–H and O–H groups in total. The van der Waals surface area contributed by atoms with Gasteiger partial charge in [-0.25, -0.2) is 8.78 Å². The highest BCUT2D eigenvalue weighted by molar-refractivity contribution is 5.88. The quantitative estimate of drug-likeness (QED) is 0.764. The topological polar surface area (TPSA) is 20.3 Å². The van der Waals surface area contributed by atoms with Crippen LogP contribution in [-0.2, 0) is 11.3 Å². The van der Waals surface area contributed by atoms with Crippen molar-refractivity contribution in [3.8, 4) is 0 Å². The molecular weight excluding hydrogens is 248 g/mol. The molecule has 0 bridgehead atoms. The molecule has 19 heavy (non-hydrogen) atoms. The van der Waals surface area contributed by atoms with Crippen LogP contribution < -0.4 is 0 Å². The Balaban J connectivity index is 2.17. The molecule has 0 aromatic heterocycles. The minimum Gasteiger partial charge on any atom is -0.332 e. The molecular formula is C15H17F2NO. The number of carbonyl (C=O) groups excluding carboxylic acids is 1. The van der Waals surface area contributed by atoms with Gasteiger partial charge in [-0.15, -0.1) is 0 Å². The van der Waals surface area contributed by atoms with Crippen LogP contribution in [0.1, 0.15) is 32.3 Å². The Hall–Kier alpha value is -1.71. The minimum absolute atomic E-state index is 0.105. The second-order valence-corrected chi connectivity index (χ2v) is 5.15. The highest BCUT2D eigenvalue weighted by Crippen LogP contribution is 2.29. The van der Waals surface area contributed by atoms with Gasteiger partial charge in [-0.1, -0.05) is 11.6 Å². The molecule has 1 aliphatic carbocycles. The minimum atomic E-state index is -0.602. The van der Waals surface area contributed by atoms with E-state index in [1.54, 1.807) is 11.0 Å². The number of hydrogen-bond acceptors (Lipinski definition) is 1. The number of allylic oxidation sites excluding steroid dienone is 1. The van der Waals surface area contributed by atoms with Crippen molar-refractivity contribution in [1.29, 1.82) is 0 Å². The molecule has 1 fully saturated rings. The number of halogens is 2. The fraction of sp³-hybridized carbons (Fsp3) is 0.400. The summed E-state index contributed by atoms with van der Waals surface area (Å²) in [5.74, 6) is -1.31. The van der Waals surface area contributed by atoms with E-state index in [9.17, 15) is 13.6 Å². The molecule has 0 radical (unpaired) electrons. The standard InChI is InChI=1S/C15H17F2NO/c1-10(2)7-15(19)18(13-5-6-13)9-11-3-4-12(16)8-14(11)17/h3-4,7-8,13H,5-6,9H2,1-2H3. The van der Waals surface area contributed by atoms with Crippen LogP contribution in [0.2, 0.25) is 0 Å². The highest BCUT2D eigenvalue weighted by atomic mass is 19.1. The molecule has 0 unspecified atom stereocenters. The van der Waals surface area contributed by atoms with Crippen molar-refractivity contribution >= 4 is 5.91 Å². The van der Waals surface area contributed by atoms with Crippen LogP contribution in [-0.4, -0.2) is 16.8 Å². The third kappa shape index (κ3) is 3.63. The summed E-state index contributed by atoms with van der Waals surface area (Å²) in [5, 5.41) is 0. The second kappa shape index (κ2) is 5.51. The van der Waals surface area contributed by atoms with Crippen LogP contribution in [0.4, 0.5) is 8.78 Å². The molecule has 0 heterocycles. The number of carbonyl (C=O) groups is 1. The van der Waals surface area contributed by atoms with E-state index in [0.717, 1.165) is 24.5 Å². The van der Waals surface area contributed by atoms with Gasteiger partial charge in [0.2, 0.25) is 5.91 Å². The predicted molar refractivity (Wildman–Crippen MR) is 69.4 cm³/mol. The number of rotatable bonds is 4. The predicted octanol–water partition coefficient (Wildman–Crippen LogP) is 3.42. The van der Waals surface area contributed by atoms with E-state index in [1.165, 1.54) is 12.1 Å². The zero-order valence-electron chi connectivity index (χ0n) is 11.1. The van der Waals surface area contributed by atoms with Gasteiger partial charge < -0.3 is 4.90 Å². The Morgan fingerprint density at radius 2 is 2.05 bits per heavy atom. The molecule has 2 nitrogen and oxygen atoms in total. The van der Waals surface area contributed by atoms with Crippen molar-refractivity contribution < 1.29 is 13.6 Å². The fourth-order valence-electron chi connectivity index (χ4n) is 1.94. The average molecular weight is 265 g/mol. The molecule has 1 aliphatic rings. The van der Waals surface area contributed by atoms with Gasteiger partial charge >= 0.3 is 0 Å². The lowest BCUT2D eigenvalue weighted by molar-refractivity contribution is -0.127. The Kier molecular flexibility index (Phi) is 3.98. The molecule has 0 spiro atoms. The van der Waals surface area contributed by atoms with Gasteiger partial charge in [-0.2, -0.15) is 0 Å². The lowest BCUT2D eigenvalue weighted by Gasteiger charge is -2.21. The van der Waals surface area contributed by atoms with Crippen LogP contribution >= 0.6 is 0 Å². The van der Waals surface area contributed by atoms with Crippen molar-refractivity contribution in [1.82, 2.24) is 4.90 Å². The lowest BCUT2D eigenvalue weighted by Crippen LogP contribution is -2.31. The van der Waals surface area contributed by atoms with E-state index in [4.69, 9.17) is 0 Å². The number of benzene rings is 1. The molecule has 2 rings (SSSR count). The summed E-state index contributed by atoms with van der Waals surface area (Å²) in [5.41, 5.74) is 1.26. The third-order valence-corrected chi connectivity index (χ3v) is 3.04. The first-order valence-corrected chi connectivity index (χ1v) is 6.37. The maximum atomic E-state index is 13.6. The Bertz CT molecular complexity index is 517. The highest BCUT2D eigenvalue weighted by Gasteiger charge is 2.32. The Morgan fingerprint density at radius 1 is 1.37 bits per heavy atom. The van der Waals surface area contributed by atoms with Gasteiger partial charge in [0.25, 0.3) is 0 Å². The van der Waals surface area contributed by atoms with E-state index in [-0.39, 0.29) is 18.5 Å². The second-order valence-electron chi connectivity index (χ2n) is 5.15. The summed E-state index contributed by atoms with van der Waals surface area (Å²) in [6.45, 7) is 3.89. The van der Waals surface area contributed by atoms with E-state index < -0.39 is 11.6 Å². The molecule has 0 atom stereocenters. The van der Waals surface area contributed by atoms with Gasteiger partial charge in [0.05, 0.1) is 0 Å². The van der Waals surface area contributed by atoms with Crippen LogP contribution in [0.25, 0.3) is 0 Å². The molecule has 102 valence electrons. The van der Waals surface area contributed by atoms with Gasteiger partial charge in [0.15, 0.2) is 0 Å². The SMILES string of the molecule is CC(C)=CC(=O)N(Cc1ccc(F)cc1F)C1CC1. The number of hydrogen-bond donors (Lipinski definition) is 0. The van der Waals surface area contributed by atoms with Crippen molar-refractivity contribution in [2.45, 2.75) is 39.3 Å². The zero-order chi connectivity index (χ0) is 14.0. The summed E-state index contributed by atoms with van der Waals surface area (Å²) in [7, 11) is 0. The van der Waals surface area contributed by atoms with E-state index in [2.05, 4.69) is 0 Å². The average Bonchev–Trinajstić information content (AvgIpc) is 3.10. The molecule has 0 saturated heterocycles. The van der Waals surface area contributed by atoms with Gasteiger partial charge in [-0.3, -0.25) is 4.79 Å². The maximum Gasteiger partial charge on any atom is 0.247 e. The third-order valence-electron chi connectivity index (χ3n) is 3.04. The Labute approximate surface area is 111 Å². The Morgan fingerprint density at radius 3 is 2.58 bits per heavy atom. The summed E-state index contributed by atoms with van der Waals surface area (Å²) in [6, 6.07) is 3.66. The monoisotopic (exact) mass is 265 g/mol. The first-order chi connectivity index (χ1) is 8.97. The van der Waals surface area contributed by atoms with Gasteiger partial charge in [-0.05, 0) is 32.8 Å². The first-order valence-electron chi connectivity index (χ1n) is 6.37. The number of nitrogens with zero attached hydrogens (tertiary/aromatic N) is 1. The van der Waals surface area contributed by atoms with Crippen LogP contribution in [0.15, 0.2) is 29.8 Å². The van der Waals surface area contributed by atoms with Crippen molar-refractivity contribution in [3.05, 3.63) is 47.0 Å². The maximum absolute atomic E-state index is 13.6. The van der Waals surface area contributed by atoms with Crippen LogP contribution in [0.3, 0.4) is 0 Å². The van der Waals surface area contributed by atoms with Gasteiger partial charge in [0.1, 0.15) is 11.6 Å². The molecule has 1 aromatic carbocycles. The summed E-state index contributed by atoms with van der Waals surface area (Å²) in [6.07, 6.45) is 3.45. The van der Waals surface area contributed by atoms with Crippen LogP contribution in [0, 0.1) is 11.6 Å². The van der Waals surface area contributed by atoms with Crippen molar-refractivity contribution in [2.75, 3.05) is 0 Å². The van der Waals surface area contributed by atoms with E-state index in [0.29, 0.717) is 5.56 Å². The molecule has 1 amide bonds. The smallest absolute Gasteiger partial charge is 0.247 e. The zero-order valence-corrected chi connectivity index (χ0v) is 11.1. The fourth-order valence-corrected chi connectivity index (χ4v) is 1.94. The first kappa shape index (κ1) is 13.7. The molecule has 4 heteroatoms. The summed E-state index contributed by atoms with van der Waals surface area (Å²) in [4.78, 5) is 13.7. The molecule has 1 saturated carbocycles. The lowest BCUT2D eigenvalue weighted by atomic mass is 10.2. The van der Waals surface area contributed by atoms with Crippen molar-refractivity contribution in [3.63, 3.8) is 0 Å². The van der Waals surface area contributed by atoms with Gasteiger partial charge in [0, 0.05) is 30.3 Å². The normalized spacial score (nSPS) is 14.1. The van der Waals surface area contributed by atoms with E-state index >= 15 is 0 Å². The number of amides is 1. The van der Waals surface area contributed by atoms with Crippen LogP contribution in [0.5, 0.6) is 0 Å². The molecule has 0 aliphatic heterocycles. The molecule has 1 aromatic rings. The van der Waals surface area contributed by atoms with Crippen molar-refractivity contribution in [2.24, 2.45) is 0 Å². The van der Waals surface area contributed by atoms with E-state index in [1.807, 2.05) is 13.8 Å². The largest absolute Gasteiger partial charge is 0.332 e. The summed E-state index contributed by atoms with van der Waals surface area (Å²) < 4.78 is 26.5.